The van der Waals surface area contributed by atoms with Gasteiger partial charge in [0.25, 0.3) is 5.91 Å². The van der Waals surface area contributed by atoms with Crippen molar-refractivity contribution in [2.75, 3.05) is 49.7 Å². The van der Waals surface area contributed by atoms with E-state index >= 15 is 0 Å². The van der Waals surface area contributed by atoms with Gasteiger partial charge in [0.05, 0.1) is 12.7 Å². The summed E-state index contributed by atoms with van der Waals surface area (Å²) >= 11 is -1.23. The topological polar surface area (TPSA) is 96.0 Å². The second-order valence-electron chi connectivity index (χ2n) is 13.8. The largest absolute Gasteiger partial charge is 0.611 e. The molecular weight excluding hydrogens is 683 g/mol. The molecule has 3 heterocycles. The highest BCUT2D eigenvalue weighted by Crippen LogP contribution is 2.34. The number of pyridine rings is 1. The predicted octanol–water partition coefficient (Wildman–Crippen LogP) is 8.92. The first-order valence-electron chi connectivity index (χ1n) is 19.2. The molecule has 0 saturated carbocycles. The van der Waals surface area contributed by atoms with Crippen LogP contribution in [-0.2, 0) is 37.6 Å². The number of unbranched alkanes of at least 4 members (excludes halogenated alkanes) is 1. The number of aryl methyl sites for hydroxylation is 2. The molecule has 1 fully saturated rings. The molecule has 6 rings (SSSR count). The number of ether oxygens (including phenoxy) is 3. The molecule has 0 radical (unpaired) electrons. The number of benzene rings is 3. The van der Waals surface area contributed by atoms with Crippen molar-refractivity contribution in [3.05, 3.63) is 107 Å². The van der Waals surface area contributed by atoms with Crippen LogP contribution in [0, 0.1) is 6.92 Å². The van der Waals surface area contributed by atoms with Crippen LogP contribution in [0.3, 0.4) is 0 Å². The van der Waals surface area contributed by atoms with E-state index in [1.807, 2.05) is 55.6 Å². The average molecular weight is 736 g/mol. The zero-order valence-electron chi connectivity index (χ0n) is 31.4. The summed E-state index contributed by atoms with van der Waals surface area (Å²) in [7, 11) is 0. The molecule has 1 amide bonds. The molecular formula is C44H53N3O5S. The van der Waals surface area contributed by atoms with Gasteiger partial charge in [-0.3, -0.25) is 9.78 Å². The maximum Gasteiger partial charge on any atom is 0.251 e. The van der Waals surface area contributed by atoms with Crippen molar-refractivity contribution in [3.8, 4) is 16.9 Å². The van der Waals surface area contributed by atoms with Gasteiger partial charge in [-0.15, -0.1) is 0 Å². The number of nitrogens with zero attached hydrogens (tertiary/aromatic N) is 2. The van der Waals surface area contributed by atoms with Gasteiger partial charge in [0.2, 0.25) is 0 Å². The van der Waals surface area contributed by atoms with Crippen LogP contribution in [0.1, 0.15) is 74.8 Å². The van der Waals surface area contributed by atoms with Crippen molar-refractivity contribution in [1.82, 2.24) is 4.98 Å². The summed E-state index contributed by atoms with van der Waals surface area (Å²) in [5.41, 5.74) is 8.82. The Balaban J connectivity index is 1.18. The summed E-state index contributed by atoms with van der Waals surface area (Å²) in [6.45, 7) is 10.6. The third-order valence-electron chi connectivity index (χ3n) is 10.0. The number of carbonyl (C=O) groups is 1. The Morgan fingerprint density at radius 1 is 1.00 bits per heavy atom. The molecule has 4 aromatic rings. The first-order valence-corrected chi connectivity index (χ1v) is 20.5. The summed E-state index contributed by atoms with van der Waals surface area (Å²) in [4.78, 5) is 21.4. The molecule has 8 nitrogen and oxygen atoms in total. The summed E-state index contributed by atoms with van der Waals surface area (Å²) in [5.74, 6) is 1.11. The minimum absolute atomic E-state index is 0.124. The van der Waals surface area contributed by atoms with Crippen molar-refractivity contribution in [3.63, 3.8) is 0 Å². The quantitative estimate of drug-likeness (QED) is 0.0907. The average Bonchev–Trinajstić information content (AvgIpc) is 3.69. The van der Waals surface area contributed by atoms with E-state index in [2.05, 4.69) is 65.5 Å². The summed E-state index contributed by atoms with van der Waals surface area (Å²) in [6, 6.07) is 24.1. The van der Waals surface area contributed by atoms with E-state index < -0.39 is 11.2 Å². The molecule has 2 atom stereocenters. The molecule has 280 valence electrons. The Kier molecular flexibility index (Phi) is 14.0. The molecule has 9 heteroatoms. The van der Waals surface area contributed by atoms with Crippen LogP contribution in [-0.4, -0.2) is 61.1 Å². The Bertz CT molecular complexity index is 1820. The van der Waals surface area contributed by atoms with E-state index in [9.17, 15) is 9.35 Å². The Labute approximate surface area is 318 Å². The van der Waals surface area contributed by atoms with E-state index in [0.29, 0.717) is 31.1 Å². The predicted molar refractivity (Wildman–Crippen MR) is 215 cm³/mol. The van der Waals surface area contributed by atoms with Gasteiger partial charge in [0.1, 0.15) is 18.1 Å². The minimum Gasteiger partial charge on any atom is -0.611 e. The molecule has 0 bridgehead atoms. The highest BCUT2D eigenvalue weighted by molar-refractivity contribution is 7.90. The van der Waals surface area contributed by atoms with Crippen LogP contribution < -0.4 is 15.0 Å². The van der Waals surface area contributed by atoms with E-state index in [4.69, 9.17) is 14.2 Å². The lowest BCUT2D eigenvalue weighted by Gasteiger charge is -2.31. The lowest BCUT2D eigenvalue weighted by atomic mass is 9.96. The second-order valence-corrected chi connectivity index (χ2v) is 15.3. The lowest BCUT2D eigenvalue weighted by Crippen LogP contribution is -2.34. The molecule has 0 aliphatic carbocycles. The molecule has 1 N–H and O–H groups in total. The Morgan fingerprint density at radius 2 is 1.81 bits per heavy atom. The van der Waals surface area contributed by atoms with Gasteiger partial charge in [-0.05, 0) is 140 Å². The monoisotopic (exact) mass is 735 g/mol. The SMILES string of the molecule is CCCCOCCOc1ccc(-c2ccc3c(c2)/C=C(/C(=O)Nc2ccc([S@@+]([O-])Cc4c(CC)ccnc4C)cc2)CCCN3C[C@H]2CCCO2)cc1. The van der Waals surface area contributed by atoms with Crippen LogP contribution in [0.4, 0.5) is 11.4 Å². The van der Waals surface area contributed by atoms with Crippen molar-refractivity contribution < 1.29 is 23.6 Å². The normalized spacial score (nSPS) is 17.3. The highest BCUT2D eigenvalue weighted by atomic mass is 32.2. The molecule has 0 unspecified atom stereocenters. The van der Waals surface area contributed by atoms with Gasteiger partial charge in [-0.25, -0.2) is 0 Å². The van der Waals surface area contributed by atoms with E-state index in [0.717, 1.165) is 115 Å². The number of hydrogen-bond acceptors (Lipinski definition) is 7. The zero-order chi connectivity index (χ0) is 37.0. The fourth-order valence-electron chi connectivity index (χ4n) is 6.99. The Hall–Kier alpha value is -4.15. The molecule has 1 aromatic heterocycles. The smallest absolute Gasteiger partial charge is 0.251 e. The van der Waals surface area contributed by atoms with Crippen LogP contribution in [0.25, 0.3) is 17.2 Å². The van der Waals surface area contributed by atoms with Gasteiger partial charge < -0.3 is 29.0 Å². The van der Waals surface area contributed by atoms with Crippen LogP contribution in [0.15, 0.2) is 89.5 Å². The van der Waals surface area contributed by atoms with Crippen LogP contribution in [0.5, 0.6) is 5.75 Å². The van der Waals surface area contributed by atoms with Crippen LogP contribution >= 0.6 is 0 Å². The summed E-state index contributed by atoms with van der Waals surface area (Å²) in [6.07, 6.45) is 10.8. The van der Waals surface area contributed by atoms with Gasteiger partial charge in [-0.1, -0.05) is 38.5 Å². The fraction of sp³-hybridized carbons (Fsp3) is 0.409. The molecule has 2 aliphatic heterocycles. The zero-order valence-corrected chi connectivity index (χ0v) is 32.2. The first kappa shape index (κ1) is 38.6. The summed E-state index contributed by atoms with van der Waals surface area (Å²) in [5, 5.41) is 3.11. The number of hydrogen-bond donors (Lipinski definition) is 1. The number of anilines is 2. The second kappa shape index (κ2) is 19.3. The Morgan fingerprint density at radius 3 is 2.57 bits per heavy atom. The lowest BCUT2D eigenvalue weighted by molar-refractivity contribution is -0.112. The van der Waals surface area contributed by atoms with E-state index in [-0.39, 0.29) is 12.0 Å². The molecule has 2 aliphatic rings. The van der Waals surface area contributed by atoms with Gasteiger partial charge in [-0.2, -0.15) is 0 Å². The number of carbonyl (C=O) groups excluding carboxylic acids is 1. The summed E-state index contributed by atoms with van der Waals surface area (Å²) < 4.78 is 30.9. The number of rotatable bonds is 16. The van der Waals surface area contributed by atoms with E-state index in [1.165, 1.54) is 5.56 Å². The standard InChI is InChI=1S/C44H53N3O5S/c1-4-6-24-50-26-27-52-39-16-11-34(12-17-39)35-13-20-43-37(28-35)29-36(9-7-23-47(43)30-40-10-8-25-51-40)44(48)46-38-14-18-41(19-15-38)53(49)31-42-32(3)45-22-21-33(42)5-2/h11-22,28-29,40H,4-10,23-27,30-31H2,1-3H3,(H,46,48)/b36-29+/t40-,53+/m1/s1. The van der Waals surface area contributed by atoms with Crippen molar-refractivity contribution in [2.45, 2.75) is 82.5 Å². The van der Waals surface area contributed by atoms with Gasteiger partial charge in [0.15, 0.2) is 4.90 Å². The highest BCUT2D eigenvalue weighted by Gasteiger charge is 2.24. The molecule has 3 aromatic carbocycles. The first-order chi connectivity index (χ1) is 25.9. The number of nitrogens with one attached hydrogen (secondary N) is 1. The van der Waals surface area contributed by atoms with E-state index in [1.54, 1.807) is 0 Å². The van der Waals surface area contributed by atoms with Crippen LogP contribution in [0.2, 0.25) is 0 Å². The van der Waals surface area contributed by atoms with Gasteiger partial charge >= 0.3 is 0 Å². The maximum atomic E-state index is 13.8. The minimum atomic E-state index is -1.23. The molecule has 1 saturated heterocycles. The maximum absolute atomic E-state index is 13.8. The third kappa shape index (κ3) is 10.5. The third-order valence-corrected chi connectivity index (χ3v) is 11.4. The number of fused-ring (bicyclic) bond motifs is 1. The number of aromatic nitrogens is 1. The number of amides is 1. The molecule has 0 spiro atoms. The fourth-order valence-corrected chi connectivity index (χ4v) is 8.25. The van der Waals surface area contributed by atoms with Crippen molar-refractivity contribution in [1.29, 1.82) is 0 Å². The van der Waals surface area contributed by atoms with Crippen molar-refractivity contribution >= 4 is 34.5 Å². The molecule has 53 heavy (non-hydrogen) atoms. The van der Waals surface area contributed by atoms with Crippen molar-refractivity contribution in [2.24, 2.45) is 0 Å². The van der Waals surface area contributed by atoms with Gasteiger partial charge in [0, 0.05) is 60.7 Å².